The highest BCUT2D eigenvalue weighted by Gasteiger charge is 2.10. The van der Waals surface area contributed by atoms with E-state index in [2.05, 4.69) is 4.98 Å². The van der Waals surface area contributed by atoms with Crippen molar-refractivity contribution in [3.05, 3.63) is 51.6 Å². The van der Waals surface area contributed by atoms with Crippen molar-refractivity contribution in [1.82, 2.24) is 9.55 Å². The summed E-state index contributed by atoms with van der Waals surface area (Å²) in [4.78, 5) is 26.7. The van der Waals surface area contributed by atoms with Gasteiger partial charge >= 0.3 is 5.97 Å². The fourth-order valence-corrected chi connectivity index (χ4v) is 1.69. The number of carbonyl (C=O) groups is 1. The van der Waals surface area contributed by atoms with Crippen molar-refractivity contribution in [2.45, 2.75) is 20.4 Å². The molecule has 94 valence electrons. The number of furan rings is 1. The summed E-state index contributed by atoms with van der Waals surface area (Å²) in [7, 11) is 0. The molecule has 2 rings (SSSR count). The molecule has 0 atom stereocenters. The van der Waals surface area contributed by atoms with Crippen LogP contribution < -0.4 is 5.56 Å². The number of carboxylic acids is 1. The molecule has 0 aliphatic rings. The van der Waals surface area contributed by atoms with Gasteiger partial charge in [-0.1, -0.05) is 0 Å². The van der Waals surface area contributed by atoms with E-state index in [4.69, 9.17) is 9.52 Å². The smallest absolute Gasteiger partial charge is 0.338 e. The van der Waals surface area contributed by atoms with Crippen molar-refractivity contribution in [2.24, 2.45) is 0 Å². The van der Waals surface area contributed by atoms with Crippen molar-refractivity contribution in [3.63, 3.8) is 0 Å². The molecule has 0 aliphatic heterocycles. The summed E-state index contributed by atoms with van der Waals surface area (Å²) in [6, 6.07) is 2.82. The van der Waals surface area contributed by atoms with Crippen molar-refractivity contribution in [1.29, 1.82) is 0 Å². The molecule has 6 heteroatoms. The summed E-state index contributed by atoms with van der Waals surface area (Å²) in [5.74, 6) is -0.0902. The molecule has 0 unspecified atom stereocenters. The lowest BCUT2D eigenvalue weighted by Crippen LogP contribution is -2.23. The Bertz CT molecular complexity index is 654. The molecule has 0 bridgehead atoms. The van der Waals surface area contributed by atoms with Gasteiger partial charge in [0.15, 0.2) is 0 Å². The van der Waals surface area contributed by atoms with Gasteiger partial charge in [-0.25, -0.2) is 9.78 Å². The van der Waals surface area contributed by atoms with Crippen LogP contribution in [-0.2, 0) is 6.54 Å². The Balaban J connectivity index is 2.34. The molecule has 18 heavy (non-hydrogen) atoms. The monoisotopic (exact) mass is 248 g/mol. The lowest BCUT2D eigenvalue weighted by atomic mass is 10.3. The van der Waals surface area contributed by atoms with E-state index in [1.807, 2.05) is 0 Å². The Labute approximate surface area is 103 Å². The first-order valence-corrected chi connectivity index (χ1v) is 5.33. The highest BCUT2D eigenvalue weighted by molar-refractivity contribution is 5.87. The maximum absolute atomic E-state index is 11.8. The lowest BCUT2D eigenvalue weighted by molar-refractivity contribution is 0.0696. The predicted molar refractivity (Wildman–Crippen MR) is 62.7 cm³/mol. The van der Waals surface area contributed by atoms with Gasteiger partial charge in [0.05, 0.1) is 12.1 Å². The third kappa shape index (κ3) is 2.32. The molecule has 2 aromatic heterocycles. The Morgan fingerprint density at radius 2 is 2.17 bits per heavy atom. The van der Waals surface area contributed by atoms with Gasteiger partial charge in [0.1, 0.15) is 17.8 Å². The summed E-state index contributed by atoms with van der Waals surface area (Å²) >= 11 is 0. The predicted octanol–water partition coefficient (Wildman–Crippen LogP) is 1.20. The molecular formula is C12H12N2O4. The Morgan fingerprint density at radius 1 is 1.44 bits per heavy atom. The maximum atomic E-state index is 11.8. The molecule has 0 aliphatic carbocycles. The second kappa shape index (κ2) is 4.48. The first kappa shape index (κ1) is 12.1. The van der Waals surface area contributed by atoms with E-state index in [1.54, 1.807) is 13.8 Å². The Hall–Kier alpha value is -2.37. The summed E-state index contributed by atoms with van der Waals surface area (Å²) in [6.45, 7) is 3.63. The minimum atomic E-state index is -1.06. The SMILES string of the molecule is Cc1cc(=O)n(Cc2cc(C(=O)O)co2)c(C)n1. The largest absolute Gasteiger partial charge is 0.478 e. The Kier molecular flexibility index (Phi) is 3.01. The highest BCUT2D eigenvalue weighted by atomic mass is 16.4. The number of aromatic nitrogens is 2. The molecule has 0 aromatic carbocycles. The minimum absolute atomic E-state index is 0.0655. The third-order valence-corrected chi connectivity index (χ3v) is 2.54. The van der Waals surface area contributed by atoms with Gasteiger partial charge in [0.25, 0.3) is 5.56 Å². The van der Waals surface area contributed by atoms with Crippen LogP contribution in [0.25, 0.3) is 0 Å². The number of aromatic carboxylic acids is 1. The zero-order valence-electron chi connectivity index (χ0n) is 10.0. The summed E-state index contributed by atoms with van der Waals surface area (Å²) in [5.41, 5.74) is 0.531. The van der Waals surface area contributed by atoms with Gasteiger partial charge in [0.2, 0.25) is 0 Å². The zero-order chi connectivity index (χ0) is 13.3. The molecule has 2 aromatic rings. The second-order valence-electron chi connectivity index (χ2n) is 3.98. The van der Waals surface area contributed by atoms with E-state index >= 15 is 0 Å². The maximum Gasteiger partial charge on any atom is 0.338 e. The molecule has 0 fully saturated rings. The normalized spacial score (nSPS) is 10.6. The lowest BCUT2D eigenvalue weighted by Gasteiger charge is -2.07. The van der Waals surface area contributed by atoms with E-state index in [9.17, 15) is 9.59 Å². The van der Waals surface area contributed by atoms with Gasteiger partial charge in [-0.2, -0.15) is 0 Å². The van der Waals surface area contributed by atoms with E-state index in [0.717, 1.165) is 6.26 Å². The number of hydrogen-bond acceptors (Lipinski definition) is 4. The molecule has 0 spiro atoms. The first-order valence-electron chi connectivity index (χ1n) is 5.33. The van der Waals surface area contributed by atoms with E-state index in [-0.39, 0.29) is 17.7 Å². The first-order chi connectivity index (χ1) is 8.47. The number of nitrogens with zero attached hydrogens (tertiary/aromatic N) is 2. The standard InChI is InChI=1S/C12H12N2O4/c1-7-3-11(15)14(8(2)13-7)5-10-4-9(6-18-10)12(16)17/h3-4,6H,5H2,1-2H3,(H,16,17). The van der Waals surface area contributed by atoms with Gasteiger partial charge in [-0.3, -0.25) is 9.36 Å². The molecule has 1 N–H and O–H groups in total. The van der Waals surface area contributed by atoms with Crippen LogP contribution in [0.15, 0.2) is 27.6 Å². The molecule has 0 amide bonds. The van der Waals surface area contributed by atoms with Crippen LogP contribution in [0, 0.1) is 13.8 Å². The van der Waals surface area contributed by atoms with E-state index < -0.39 is 5.97 Å². The van der Waals surface area contributed by atoms with E-state index in [0.29, 0.717) is 17.3 Å². The summed E-state index contributed by atoms with van der Waals surface area (Å²) in [5, 5.41) is 8.77. The van der Waals surface area contributed by atoms with Crippen LogP contribution >= 0.6 is 0 Å². The quantitative estimate of drug-likeness (QED) is 0.882. The molecule has 6 nitrogen and oxygen atoms in total. The topological polar surface area (TPSA) is 85.3 Å². The molecule has 0 saturated heterocycles. The van der Waals surface area contributed by atoms with Crippen LogP contribution in [0.2, 0.25) is 0 Å². The van der Waals surface area contributed by atoms with Crippen molar-refractivity contribution >= 4 is 5.97 Å². The molecular weight excluding hydrogens is 236 g/mol. The van der Waals surface area contributed by atoms with Crippen LogP contribution in [0.4, 0.5) is 0 Å². The number of aryl methyl sites for hydroxylation is 2. The van der Waals surface area contributed by atoms with Crippen LogP contribution in [0.3, 0.4) is 0 Å². The summed E-state index contributed by atoms with van der Waals surface area (Å²) < 4.78 is 6.53. The fraction of sp³-hybridized carbons (Fsp3) is 0.250. The third-order valence-electron chi connectivity index (χ3n) is 2.54. The number of rotatable bonds is 3. The fourth-order valence-electron chi connectivity index (χ4n) is 1.69. The van der Waals surface area contributed by atoms with Crippen molar-refractivity contribution in [2.75, 3.05) is 0 Å². The zero-order valence-corrected chi connectivity index (χ0v) is 10.0. The molecule has 0 saturated carbocycles. The Morgan fingerprint density at radius 3 is 2.72 bits per heavy atom. The molecule has 0 radical (unpaired) electrons. The second-order valence-corrected chi connectivity index (χ2v) is 3.98. The number of hydrogen-bond donors (Lipinski definition) is 1. The number of carboxylic acid groups (broad SMARTS) is 1. The minimum Gasteiger partial charge on any atom is -0.478 e. The highest BCUT2D eigenvalue weighted by Crippen LogP contribution is 2.09. The van der Waals surface area contributed by atoms with Gasteiger partial charge in [-0.15, -0.1) is 0 Å². The van der Waals surface area contributed by atoms with Gasteiger partial charge in [0, 0.05) is 11.8 Å². The van der Waals surface area contributed by atoms with Crippen molar-refractivity contribution in [3.8, 4) is 0 Å². The van der Waals surface area contributed by atoms with Gasteiger partial charge in [-0.05, 0) is 19.9 Å². The van der Waals surface area contributed by atoms with Crippen LogP contribution in [0.5, 0.6) is 0 Å². The molecule has 2 heterocycles. The van der Waals surface area contributed by atoms with E-state index in [1.165, 1.54) is 16.7 Å². The summed E-state index contributed by atoms with van der Waals surface area (Å²) in [6.07, 6.45) is 1.15. The average molecular weight is 248 g/mol. The van der Waals surface area contributed by atoms with Crippen LogP contribution in [0.1, 0.15) is 27.6 Å². The van der Waals surface area contributed by atoms with Crippen LogP contribution in [-0.4, -0.2) is 20.6 Å². The van der Waals surface area contributed by atoms with Crippen molar-refractivity contribution < 1.29 is 14.3 Å². The average Bonchev–Trinajstić information content (AvgIpc) is 2.71. The van der Waals surface area contributed by atoms with Gasteiger partial charge < -0.3 is 9.52 Å².